The fraction of sp³-hybridized carbons (Fsp3) is 0.318. The lowest BCUT2D eigenvalue weighted by Crippen LogP contribution is -2.54. The summed E-state index contributed by atoms with van der Waals surface area (Å²) in [5.41, 5.74) is 3.48. The van der Waals surface area contributed by atoms with Gasteiger partial charge in [-0.25, -0.2) is 0 Å². The van der Waals surface area contributed by atoms with Crippen molar-refractivity contribution in [2.24, 2.45) is 0 Å². The van der Waals surface area contributed by atoms with Crippen LogP contribution in [0.3, 0.4) is 0 Å². The standard InChI is InChI=1S/C22H22N4O3/c27-21(25-10-12-26(13-11-25)22(28)19-9-14-29-19)16-7-5-15(6-8-16)20-17-3-1-2-4-18(17)23-24-20/h1-8,19H,9-14H2,(H,23,24). The number of H-pyrrole nitrogens is 1. The third kappa shape index (κ3) is 3.27. The molecule has 2 aliphatic heterocycles. The molecule has 29 heavy (non-hydrogen) atoms. The Bertz CT molecular complexity index is 1050. The molecule has 0 spiro atoms. The molecule has 2 amide bonds. The van der Waals surface area contributed by atoms with Crippen LogP contribution in [0, 0.1) is 0 Å². The zero-order valence-electron chi connectivity index (χ0n) is 16.0. The second-order valence-corrected chi connectivity index (χ2v) is 7.46. The molecule has 7 heteroatoms. The number of aromatic amines is 1. The van der Waals surface area contributed by atoms with Crippen molar-refractivity contribution < 1.29 is 14.3 Å². The van der Waals surface area contributed by atoms with E-state index in [1.54, 1.807) is 4.90 Å². The van der Waals surface area contributed by atoms with Crippen LogP contribution in [-0.2, 0) is 9.53 Å². The highest BCUT2D eigenvalue weighted by Gasteiger charge is 2.33. The number of carbonyl (C=O) groups is 2. The first-order valence-electron chi connectivity index (χ1n) is 9.94. The summed E-state index contributed by atoms with van der Waals surface area (Å²) in [6, 6.07) is 15.5. The Kier molecular flexibility index (Phi) is 4.52. The topological polar surface area (TPSA) is 78.5 Å². The van der Waals surface area contributed by atoms with Crippen molar-refractivity contribution in [1.82, 2.24) is 20.0 Å². The molecule has 1 unspecified atom stereocenters. The number of hydrogen-bond acceptors (Lipinski definition) is 4. The lowest BCUT2D eigenvalue weighted by molar-refractivity contribution is -0.157. The number of amides is 2. The highest BCUT2D eigenvalue weighted by Crippen LogP contribution is 2.26. The molecule has 7 nitrogen and oxygen atoms in total. The fourth-order valence-corrected chi connectivity index (χ4v) is 3.90. The highest BCUT2D eigenvalue weighted by atomic mass is 16.5. The van der Waals surface area contributed by atoms with Gasteiger partial charge in [-0.1, -0.05) is 30.3 Å². The molecule has 0 aliphatic carbocycles. The first-order valence-corrected chi connectivity index (χ1v) is 9.94. The van der Waals surface area contributed by atoms with Gasteiger partial charge >= 0.3 is 0 Å². The molecule has 5 rings (SSSR count). The van der Waals surface area contributed by atoms with Crippen LogP contribution in [0.4, 0.5) is 0 Å². The van der Waals surface area contributed by atoms with Gasteiger partial charge in [-0.2, -0.15) is 5.10 Å². The normalized spacial score (nSPS) is 19.2. The van der Waals surface area contributed by atoms with E-state index in [9.17, 15) is 9.59 Å². The Morgan fingerprint density at radius 3 is 2.34 bits per heavy atom. The number of nitrogens with zero attached hydrogens (tertiary/aromatic N) is 3. The number of hydrogen-bond donors (Lipinski definition) is 1. The minimum atomic E-state index is -0.275. The molecule has 1 atom stereocenters. The Balaban J connectivity index is 1.26. The molecular formula is C22H22N4O3. The summed E-state index contributed by atoms with van der Waals surface area (Å²) < 4.78 is 5.28. The summed E-state index contributed by atoms with van der Waals surface area (Å²) in [7, 11) is 0. The van der Waals surface area contributed by atoms with Gasteiger partial charge in [-0.05, 0) is 18.2 Å². The van der Waals surface area contributed by atoms with E-state index in [2.05, 4.69) is 10.2 Å². The molecule has 0 saturated carbocycles. The Morgan fingerprint density at radius 1 is 0.966 bits per heavy atom. The van der Waals surface area contributed by atoms with Crippen LogP contribution >= 0.6 is 0 Å². The van der Waals surface area contributed by atoms with Crippen molar-refractivity contribution in [3.8, 4) is 11.3 Å². The van der Waals surface area contributed by atoms with Crippen molar-refractivity contribution in [1.29, 1.82) is 0 Å². The Morgan fingerprint density at radius 2 is 1.66 bits per heavy atom. The quantitative estimate of drug-likeness (QED) is 0.744. The molecule has 3 aromatic rings. The maximum atomic E-state index is 12.9. The molecule has 3 heterocycles. The van der Waals surface area contributed by atoms with Gasteiger partial charge in [-0.15, -0.1) is 0 Å². The molecule has 0 bridgehead atoms. The van der Waals surface area contributed by atoms with Crippen LogP contribution in [0.25, 0.3) is 22.2 Å². The van der Waals surface area contributed by atoms with Gasteiger partial charge in [0.15, 0.2) is 0 Å². The molecule has 2 aromatic carbocycles. The van der Waals surface area contributed by atoms with Crippen LogP contribution < -0.4 is 0 Å². The van der Waals surface area contributed by atoms with Crippen LogP contribution in [0.1, 0.15) is 16.8 Å². The minimum Gasteiger partial charge on any atom is -0.368 e. The van der Waals surface area contributed by atoms with E-state index in [1.165, 1.54) is 0 Å². The van der Waals surface area contributed by atoms with Crippen molar-refractivity contribution in [3.63, 3.8) is 0 Å². The first-order chi connectivity index (χ1) is 14.2. The second-order valence-electron chi connectivity index (χ2n) is 7.46. The SMILES string of the molecule is O=C(c1ccc(-c2n[nH]c3ccccc23)cc1)N1CCN(C(=O)C2CCO2)CC1. The maximum absolute atomic E-state index is 12.9. The number of aromatic nitrogens is 2. The summed E-state index contributed by atoms with van der Waals surface area (Å²) in [5.74, 6) is 0.0503. The van der Waals surface area contributed by atoms with Gasteiger partial charge in [0.1, 0.15) is 6.10 Å². The van der Waals surface area contributed by atoms with E-state index in [1.807, 2.05) is 53.4 Å². The lowest BCUT2D eigenvalue weighted by Gasteiger charge is -2.38. The van der Waals surface area contributed by atoms with Crippen LogP contribution in [-0.4, -0.2) is 70.7 Å². The van der Waals surface area contributed by atoms with Gasteiger partial charge in [0.25, 0.3) is 11.8 Å². The minimum absolute atomic E-state index is 0.00423. The highest BCUT2D eigenvalue weighted by molar-refractivity contribution is 5.96. The lowest BCUT2D eigenvalue weighted by atomic mass is 10.0. The second kappa shape index (κ2) is 7.33. The van der Waals surface area contributed by atoms with Crippen molar-refractivity contribution >= 4 is 22.7 Å². The average molecular weight is 390 g/mol. The van der Waals surface area contributed by atoms with Crippen molar-refractivity contribution in [2.75, 3.05) is 32.8 Å². The number of rotatable bonds is 3. The van der Waals surface area contributed by atoms with Crippen molar-refractivity contribution in [3.05, 3.63) is 54.1 Å². The van der Waals surface area contributed by atoms with Gasteiger partial charge in [-0.3, -0.25) is 14.7 Å². The predicted molar refractivity (Wildman–Crippen MR) is 108 cm³/mol. The number of nitrogens with one attached hydrogen (secondary N) is 1. The molecule has 0 radical (unpaired) electrons. The summed E-state index contributed by atoms with van der Waals surface area (Å²) in [5, 5.41) is 8.51. The summed E-state index contributed by atoms with van der Waals surface area (Å²) in [6.45, 7) is 2.87. The average Bonchev–Trinajstić information content (AvgIpc) is 3.16. The summed E-state index contributed by atoms with van der Waals surface area (Å²) >= 11 is 0. The third-order valence-corrected chi connectivity index (χ3v) is 5.73. The summed E-state index contributed by atoms with van der Waals surface area (Å²) in [4.78, 5) is 28.7. The molecule has 148 valence electrons. The number of ether oxygens (including phenoxy) is 1. The van der Waals surface area contributed by atoms with E-state index >= 15 is 0 Å². The zero-order valence-corrected chi connectivity index (χ0v) is 16.0. The first kappa shape index (κ1) is 17.9. The van der Waals surface area contributed by atoms with Gasteiger partial charge in [0.05, 0.1) is 17.8 Å². The molecule has 1 N–H and O–H groups in total. The molecule has 2 fully saturated rings. The molecule has 1 aromatic heterocycles. The number of benzene rings is 2. The number of fused-ring (bicyclic) bond motifs is 1. The zero-order chi connectivity index (χ0) is 19.8. The number of piperazine rings is 1. The van der Waals surface area contributed by atoms with E-state index in [0.29, 0.717) is 38.3 Å². The molecule has 2 aliphatic rings. The number of para-hydroxylation sites is 1. The van der Waals surface area contributed by atoms with E-state index in [4.69, 9.17) is 4.74 Å². The Labute approximate surface area is 168 Å². The largest absolute Gasteiger partial charge is 0.368 e. The van der Waals surface area contributed by atoms with E-state index < -0.39 is 0 Å². The van der Waals surface area contributed by atoms with E-state index in [-0.39, 0.29) is 17.9 Å². The molecule has 2 saturated heterocycles. The van der Waals surface area contributed by atoms with Gasteiger partial charge < -0.3 is 14.5 Å². The summed E-state index contributed by atoms with van der Waals surface area (Å²) in [6.07, 6.45) is 0.526. The monoisotopic (exact) mass is 390 g/mol. The van der Waals surface area contributed by atoms with Crippen LogP contribution in [0.5, 0.6) is 0 Å². The fourth-order valence-electron chi connectivity index (χ4n) is 3.90. The van der Waals surface area contributed by atoms with Crippen LogP contribution in [0.15, 0.2) is 48.5 Å². The smallest absolute Gasteiger partial charge is 0.253 e. The van der Waals surface area contributed by atoms with Crippen LogP contribution in [0.2, 0.25) is 0 Å². The van der Waals surface area contributed by atoms with Gasteiger partial charge in [0.2, 0.25) is 0 Å². The third-order valence-electron chi connectivity index (χ3n) is 5.73. The Hall–Kier alpha value is -3.19. The predicted octanol–water partition coefficient (Wildman–Crippen LogP) is 2.30. The number of carbonyl (C=O) groups excluding carboxylic acids is 2. The molecular weight excluding hydrogens is 368 g/mol. The van der Waals surface area contributed by atoms with Gasteiger partial charge in [0, 0.05) is 49.1 Å². The maximum Gasteiger partial charge on any atom is 0.253 e. The van der Waals surface area contributed by atoms with Crippen molar-refractivity contribution in [2.45, 2.75) is 12.5 Å². The van der Waals surface area contributed by atoms with E-state index in [0.717, 1.165) is 28.6 Å².